The van der Waals surface area contributed by atoms with Crippen LogP contribution in [0.3, 0.4) is 0 Å². The Kier molecular flexibility index (Phi) is 7.34. The molecule has 0 aliphatic heterocycles. The molecule has 0 radical (unpaired) electrons. The molecule has 1 atom stereocenters. The fraction of sp³-hybridized carbons (Fsp3) is 0.440. The lowest BCUT2D eigenvalue weighted by Gasteiger charge is -2.31. The van der Waals surface area contributed by atoms with Gasteiger partial charge in [-0.3, -0.25) is 0 Å². The number of hydrogen-bond acceptors (Lipinski definition) is 3. The number of aromatic nitrogens is 3. The molecular formula is C25H29Cl3N4. The number of halogens is 3. The maximum atomic E-state index is 6.56. The van der Waals surface area contributed by atoms with E-state index >= 15 is 0 Å². The van der Waals surface area contributed by atoms with Gasteiger partial charge in [0.25, 0.3) is 0 Å². The van der Waals surface area contributed by atoms with Crippen molar-refractivity contribution in [1.82, 2.24) is 14.8 Å². The van der Waals surface area contributed by atoms with Crippen molar-refractivity contribution < 1.29 is 0 Å². The number of benzene rings is 2. The van der Waals surface area contributed by atoms with Crippen LogP contribution in [0.1, 0.15) is 68.8 Å². The van der Waals surface area contributed by atoms with E-state index in [-0.39, 0.29) is 18.4 Å². The Morgan fingerprint density at radius 2 is 1.81 bits per heavy atom. The molecule has 5 rings (SSSR count). The molecule has 0 bridgehead atoms. The Hall–Kier alpha value is -1.75. The molecule has 32 heavy (non-hydrogen) atoms. The van der Waals surface area contributed by atoms with E-state index in [1.54, 1.807) is 6.07 Å². The van der Waals surface area contributed by atoms with Gasteiger partial charge in [0.05, 0.1) is 16.8 Å². The van der Waals surface area contributed by atoms with E-state index in [1.165, 1.54) is 18.4 Å². The first kappa shape index (κ1) is 23.4. The smallest absolute Gasteiger partial charge is 0.245 e. The van der Waals surface area contributed by atoms with Crippen LogP contribution in [0.5, 0.6) is 0 Å². The van der Waals surface area contributed by atoms with Crippen LogP contribution in [0, 0.1) is 5.92 Å². The molecule has 0 amide bonds. The zero-order valence-corrected chi connectivity index (χ0v) is 20.6. The van der Waals surface area contributed by atoms with E-state index in [2.05, 4.69) is 42.2 Å². The molecule has 2 saturated carbocycles. The van der Waals surface area contributed by atoms with Gasteiger partial charge in [0.2, 0.25) is 5.95 Å². The quantitative estimate of drug-likeness (QED) is 0.308. The molecule has 0 N–H and O–H groups in total. The third kappa shape index (κ3) is 5.08. The zero-order valence-electron chi connectivity index (χ0n) is 18.3. The van der Waals surface area contributed by atoms with Crippen molar-refractivity contribution in [1.29, 1.82) is 0 Å². The summed E-state index contributed by atoms with van der Waals surface area (Å²) in [5.74, 6) is 3.08. The summed E-state index contributed by atoms with van der Waals surface area (Å²) in [4.78, 5) is 7.51. The Bertz CT molecular complexity index is 1040. The van der Waals surface area contributed by atoms with Crippen molar-refractivity contribution in [2.24, 2.45) is 5.92 Å². The predicted octanol–water partition coefficient (Wildman–Crippen LogP) is 7.63. The topological polar surface area (TPSA) is 34.0 Å². The Balaban J connectivity index is 0.00000245. The zero-order chi connectivity index (χ0) is 21.4. The average molecular weight is 492 g/mol. The monoisotopic (exact) mass is 490 g/mol. The largest absolute Gasteiger partial charge is 0.332 e. The van der Waals surface area contributed by atoms with Gasteiger partial charge < -0.3 is 4.90 Å². The molecule has 0 spiro atoms. The number of hydrogen-bond donors (Lipinski definition) is 0. The van der Waals surface area contributed by atoms with Gasteiger partial charge in [0.15, 0.2) is 0 Å². The minimum atomic E-state index is 0. The van der Waals surface area contributed by atoms with Crippen LogP contribution in [0.4, 0.5) is 5.95 Å². The van der Waals surface area contributed by atoms with Crippen molar-refractivity contribution in [2.45, 2.75) is 57.4 Å². The van der Waals surface area contributed by atoms with Crippen molar-refractivity contribution >= 4 is 41.6 Å². The van der Waals surface area contributed by atoms with Crippen molar-refractivity contribution in [3.8, 4) is 5.69 Å². The molecule has 1 heterocycles. The van der Waals surface area contributed by atoms with Gasteiger partial charge in [-0.15, -0.1) is 17.5 Å². The molecular weight excluding hydrogens is 463 g/mol. The summed E-state index contributed by atoms with van der Waals surface area (Å²) in [6, 6.07) is 16.7. The predicted molar refractivity (Wildman–Crippen MR) is 135 cm³/mol. The highest BCUT2D eigenvalue weighted by atomic mass is 35.5. The van der Waals surface area contributed by atoms with Crippen LogP contribution in [0.25, 0.3) is 5.69 Å². The first-order valence-corrected chi connectivity index (χ1v) is 12.1. The van der Waals surface area contributed by atoms with Crippen molar-refractivity contribution in [3.05, 3.63) is 70.0 Å². The second-order valence-electron chi connectivity index (χ2n) is 8.85. The summed E-state index contributed by atoms with van der Waals surface area (Å²) in [5.41, 5.74) is 2.19. The highest BCUT2D eigenvalue weighted by molar-refractivity contribution is 6.35. The molecule has 2 aliphatic rings. The fourth-order valence-electron chi connectivity index (χ4n) is 4.29. The minimum Gasteiger partial charge on any atom is -0.332 e. The van der Waals surface area contributed by atoms with Crippen LogP contribution in [0.15, 0.2) is 48.5 Å². The van der Waals surface area contributed by atoms with Gasteiger partial charge in [-0.25, -0.2) is 4.68 Å². The molecule has 0 saturated heterocycles. The van der Waals surface area contributed by atoms with Crippen LogP contribution in [-0.2, 0) is 0 Å². The second-order valence-corrected chi connectivity index (χ2v) is 9.69. The molecule has 7 heteroatoms. The van der Waals surface area contributed by atoms with Gasteiger partial charge in [0.1, 0.15) is 5.82 Å². The Morgan fingerprint density at radius 3 is 2.44 bits per heavy atom. The van der Waals surface area contributed by atoms with Gasteiger partial charge >= 0.3 is 0 Å². The minimum absolute atomic E-state index is 0. The van der Waals surface area contributed by atoms with Crippen LogP contribution >= 0.6 is 35.6 Å². The molecule has 3 aromatic rings. The van der Waals surface area contributed by atoms with Crippen LogP contribution in [-0.4, -0.2) is 21.3 Å². The molecule has 2 aliphatic carbocycles. The molecule has 2 aromatic carbocycles. The summed E-state index contributed by atoms with van der Waals surface area (Å²) in [6.07, 6.45) is 7.17. The van der Waals surface area contributed by atoms with Gasteiger partial charge in [-0.05, 0) is 55.4 Å². The van der Waals surface area contributed by atoms with Crippen LogP contribution in [0.2, 0.25) is 10.0 Å². The van der Waals surface area contributed by atoms with E-state index in [4.69, 9.17) is 33.3 Å². The van der Waals surface area contributed by atoms with E-state index in [9.17, 15) is 0 Å². The molecule has 1 aromatic heterocycles. The first-order valence-electron chi connectivity index (χ1n) is 11.4. The molecule has 2 fully saturated rings. The summed E-state index contributed by atoms with van der Waals surface area (Å²) >= 11 is 12.7. The number of anilines is 1. The molecule has 1 unspecified atom stereocenters. The molecule has 4 nitrogen and oxygen atoms in total. The number of nitrogens with zero attached hydrogens (tertiary/aromatic N) is 4. The standard InChI is InChI=1S/C25H28Cl2N4.ClH/c1-2-14-30(23(15-17-8-9-17)18-6-4-3-5-7-18)25-28-24(19-10-11-19)31(29-25)22-13-12-20(26)16-21(22)27;/h3-7,12-13,16-17,19,23H,2,8-11,14-15H2,1H3;1H. The lowest BCUT2D eigenvalue weighted by molar-refractivity contribution is 0.527. The lowest BCUT2D eigenvalue weighted by Crippen LogP contribution is -2.31. The maximum absolute atomic E-state index is 6.56. The normalized spacial score (nSPS) is 16.5. The average Bonchev–Trinajstić information content (AvgIpc) is 3.70. The Morgan fingerprint density at radius 1 is 1.06 bits per heavy atom. The summed E-state index contributed by atoms with van der Waals surface area (Å²) in [6.45, 7) is 3.15. The summed E-state index contributed by atoms with van der Waals surface area (Å²) in [7, 11) is 0. The SMILES string of the molecule is CCCN(c1nc(C2CC2)n(-c2ccc(Cl)cc2Cl)n1)C(CC1CC1)c1ccccc1.Cl. The van der Waals surface area contributed by atoms with Crippen LogP contribution < -0.4 is 4.90 Å². The fourth-order valence-corrected chi connectivity index (χ4v) is 4.78. The highest BCUT2D eigenvalue weighted by Crippen LogP contribution is 2.44. The van der Waals surface area contributed by atoms with E-state index in [0.29, 0.717) is 16.0 Å². The van der Waals surface area contributed by atoms with Gasteiger partial charge in [0, 0.05) is 17.5 Å². The summed E-state index contributed by atoms with van der Waals surface area (Å²) < 4.78 is 1.95. The lowest BCUT2D eigenvalue weighted by atomic mass is 9.99. The van der Waals surface area contributed by atoms with E-state index < -0.39 is 0 Å². The highest BCUT2D eigenvalue weighted by Gasteiger charge is 2.35. The maximum Gasteiger partial charge on any atom is 0.245 e. The van der Waals surface area contributed by atoms with Crippen molar-refractivity contribution in [2.75, 3.05) is 11.4 Å². The number of rotatable bonds is 9. The second kappa shape index (κ2) is 10.0. The Labute approximate surface area is 206 Å². The van der Waals surface area contributed by atoms with Gasteiger partial charge in [-0.1, -0.05) is 73.3 Å². The first-order chi connectivity index (χ1) is 15.1. The molecule has 170 valence electrons. The summed E-state index contributed by atoms with van der Waals surface area (Å²) in [5, 5.41) is 6.26. The van der Waals surface area contributed by atoms with Gasteiger partial charge in [-0.2, -0.15) is 4.98 Å². The third-order valence-electron chi connectivity index (χ3n) is 6.24. The van der Waals surface area contributed by atoms with E-state index in [1.807, 2.05) is 16.8 Å². The third-order valence-corrected chi connectivity index (χ3v) is 6.77. The van der Waals surface area contributed by atoms with Crippen molar-refractivity contribution in [3.63, 3.8) is 0 Å². The van der Waals surface area contributed by atoms with E-state index in [0.717, 1.165) is 55.6 Å².